The summed E-state index contributed by atoms with van der Waals surface area (Å²) in [5.74, 6) is -0.761. The highest BCUT2D eigenvalue weighted by Gasteiger charge is 2.21. The largest absolute Gasteiger partial charge is 0.481 e. The van der Waals surface area contributed by atoms with Crippen LogP contribution in [-0.4, -0.2) is 54.0 Å². The predicted molar refractivity (Wildman–Crippen MR) is 115 cm³/mol. The Morgan fingerprint density at radius 2 is 1.19 bits per heavy atom. The minimum atomic E-state index is -0.761. The SMILES string of the molecule is CCCCCCCCCCCCCCCCC(O)C[N+](C)(C)CCC(=O)O. The molecule has 2 N–H and O–H groups in total. The fourth-order valence-electron chi connectivity index (χ4n) is 3.73. The number of likely N-dealkylation sites (N-methyl/N-ethyl adjacent to an activating group) is 1. The van der Waals surface area contributed by atoms with Gasteiger partial charge < -0.3 is 14.7 Å². The van der Waals surface area contributed by atoms with Gasteiger partial charge in [0.25, 0.3) is 0 Å². The first-order valence-corrected chi connectivity index (χ1v) is 11.6. The van der Waals surface area contributed by atoms with E-state index in [1.54, 1.807) is 0 Å². The Kier molecular flexibility index (Phi) is 17.1. The second kappa shape index (κ2) is 17.5. The van der Waals surface area contributed by atoms with E-state index in [1.807, 2.05) is 14.1 Å². The van der Waals surface area contributed by atoms with Gasteiger partial charge in [0, 0.05) is 0 Å². The van der Waals surface area contributed by atoms with Crippen molar-refractivity contribution >= 4 is 5.97 Å². The second-order valence-corrected chi connectivity index (χ2v) is 9.02. The standard InChI is InChI=1S/C23H47NO3/c1-4-5-6-7-8-9-10-11-12-13-14-15-16-17-18-22(25)21-24(2,3)20-19-23(26)27/h22,25H,4-21H2,1-3H3/p+1. The van der Waals surface area contributed by atoms with Gasteiger partial charge in [-0.1, -0.05) is 96.8 Å². The number of unbranched alkanes of at least 4 members (excludes halogenated alkanes) is 13. The monoisotopic (exact) mass is 386 g/mol. The minimum Gasteiger partial charge on any atom is -0.481 e. The van der Waals surface area contributed by atoms with Gasteiger partial charge in [0.2, 0.25) is 0 Å². The van der Waals surface area contributed by atoms with E-state index < -0.39 is 5.97 Å². The molecule has 1 atom stereocenters. The third-order valence-corrected chi connectivity index (χ3v) is 5.53. The smallest absolute Gasteiger partial charge is 0.309 e. The molecule has 0 spiro atoms. The van der Waals surface area contributed by atoms with Crippen LogP contribution in [-0.2, 0) is 4.79 Å². The molecule has 0 rings (SSSR count). The lowest BCUT2D eigenvalue weighted by atomic mass is 10.0. The van der Waals surface area contributed by atoms with Crippen molar-refractivity contribution < 1.29 is 19.5 Å². The van der Waals surface area contributed by atoms with Gasteiger partial charge in [0.05, 0.1) is 27.1 Å². The molecule has 0 aromatic rings. The zero-order chi connectivity index (χ0) is 20.4. The minimum absolute atomic E-state index is 0.165. The summed E-state index contributed by atoms with van der Waals surface area (Å²) in [6, 6.07) is 0. The van der Waals surface area contributed by atoms with E-state index in [2.05, 4.69) is 6.92 Å². The average molecular weight is 387 g/mol. The zero-order valence-electron chi connectivity index (χ0n) is 18.6. The number of aliphatic hydroxyl groups excluding tert-OH is 1. The van der Waals surface area contributed by atoms with E-state index >= 15 is 0 Å². The number of carboxylic acids is 1. The van der Waals surface area contributed by atoms with Crippen LogP contribution in [0.5, 0.6) is 0 Å². The number of carboxylic acid groups (broad SMARTS) is 1. The fourth-order valence-corrected chi connectivity index (χ4v) is 3.73. The van der Waals surface area contributed by atoms with E-state index in [0.29, 0.717) is 17.6 Å². The highest BCUT2D eigenvalue weighted by molar-refractivity contribution is 5.66. The molecule has 0 aromatic heterocycles. The molecular weight excluding hydrogens is 338 g/mol. The molecule has 0 saturated heterocycles. The summed E-state index contributed by atoms with van der Waals surface area (Å²) in [7, 11) is 3.99. The van der Waals surface area contributed by atoms with Crippen molar-refractivity contribution in [1.29, 1.82) is 0 Å². The van der Waals surface area contributed by atoms with Crippen molar-refractivity contribution in [2.45, 2.75) is 116 Å². The van der Waals surface area contributed by atoms with Crippen molar-refractivity contribution in [3.05, 3.63) is 0 Å². The summed E-state index contributed by atoms with van der Waals surface area (Å²) in [4.78, 5) is 10.7. The summed E-state index contributed by atoms with van der Waals surface area (Å²) >= 11 is 0. The molecule has 0 amide bonds. The highest BCUT2D eigenvalue weighted by atomic mass is 16.4. The zero-order valence-corrected chi connectivity index (χ0v) is 18.6. The van der Waals surface area contributed by atoms with Crippen molar-refractivity contribution in [3.8, 4) is 0 Å². The van der Waals surface area contributed by atoms with Gasteiger partial charge in [0.15, 0.2) is 0 Å². The third kappa shape index (κ3) is 19.9. The molecule has 27 heavy (non-hydrogen) atoms. The normalized spacial score (nSPS) is 13.0. The first kappa shape index (κ1) is 26.4. The molecule has 0 radical (unpaired) electrons. The lowest BCUT2D eigenvalue weighted by molar-refractivity contribution is -0.892. The first-order chi connectivity index (χ1) is 12.9. The van der Waals surface area contributed by atoms with Gasteiger partial charge in [0.1, 0.15) is 12.6 Å². The summed E-state index contributed by atoms with van der Waals surface area (Å²) in [6.07, 6.45) is 19.6. The van der Waals surface area contributed by atoms with Gasteiger partial charge in [-0.25, -0.2) is 0 Å². The summed E-state index contributed by atoms with van der Waals surface area (Å²) in [5.41, 5.74) is 0. The van der Waals surface area contributed by atoms with Gasteiger partial charge in [-0.3, -0.25) is 4.79 Å². The van der Waals surface area contributed by atoms with E-state index in [0.717, 1.165) is 12.8 Å². The van der Waals surface area contributed by atoms with Crippen LogP contribution in [0, 0.1) is 0 Å². The van der Waals surface area contributed by atoms with Crippen molar-refractivity contribution in [1.82, 2.24) is 0 Å². The third-order valence-electron chi connectivity index (χ3n) is 5.53. The maximum atomic E-state index is 10.7. The summed E-state index contributed by atoms with van der Waals surface area (Å²) < 4.78 is 0.575. The van der Waals surface area contributed by atoms with E-state index in [-0.39, 0.29) is 12.5 Å². The number of aliphatic hydroxyl groups is 1. The van der Waals surface area contributed by atoms with Crippen LogP contribution in [0.2, 0.25) is 0 Å². The van der Waals surface area contributed by atoms with Crippen molar-refractivity contribution in [3.63, 3.8) is 0 Å². The number of hydrogen-bond acceptors (Lipinski definition) is 2. The predicted octanol–water partition coefficient (Wildman–Crippen LogP) is 5.77. The molecule has 0 fully saturated rings. The van der Waals surface area contributed by atoms with Crippen LogP contribution >= 0.6 is 0 Å². The Balaban J connectivity index is 3.37. The lowest BCUT2D eigenvalue weighted by Crippen LogP contribution is -2.46. The molecule has 0 aliphatic rings. The Bertz CT molecular complexity index is 345. The molecule has 0 saturated carbocycles. The van der Waals surface area contributed by atoms with Crippen LogP contribution < -0.4 is 0 Å². The van der Waals surface area contributed by atoms with Crippen molar-refractivity contribution in [2.75, 3.05) is 27.2 Å². The van der Waals surface area contributed by atoms with Gasteiger partial charge in [-0.15, -0.1) is 0 Å². The molecule has 0 aliphatic carbocycles. The topological polar surface area (TPSA) is 57.5 Å². The molecule has 1 unspecified atom stereocenters. The number of rotatable bonds is 20. The van der Waals surface area contributed by atoms with Crippen LogP contribution in [0.15, 0.2) is 0 Å². The quantitative estimate of drug-likeness (QED) is 0.206. The highest BCUT2D eigenvalue weighted by Crippen LogP contribution is 2.14. The van der Waals surface area contributed by atoms with Gasteiger partial charge in [-0.05, 0) is 6.42 Å². The number of aliphatic carboxylic acids is 1. The summed E-state index contributed by atoms with van der Waals surface area (Å²) in [5, 5.41) is 19.0. The van der Waals surface area contributed by atoms with E-state index in [9.17, 15) is 9.90 Å². The average Bonchev–Trinajstić information content (AvgIpc) is 2.60. The van der Waals surface area contributed by atoms with Crippen molar-refractivity contribution in [2.24, 2.45) is 0 Å². The number of quaternary nitrogens is 1. The molecule has 0 aliphatic heterocycles. The maximum Gasteiger partial charge on any atom is 0.309 e. The molecule has 0 heterocycles. The molecule has 0 bridgehead atoms. The van der Waals surface area contributed by atoms with Gasteiger partial charge in [-0.2, -0.15) is 0 Å². The Hall–Kier alpha value is -0.610. The maximum absolute atomic E-state index is 10.7. The molecule has 0 aromatic carbocycles. The number of nitrogens with zero attached hydrogens (tertiary/aromatic N) is 1. The number of carbonyl (C=O) groups is 1. The first-order valence-electron chi connectivity index (χ1n) is 11.6. The van der Waals surface area contributed by atoms with Gasteiger partial charge >= 0.3 is 5.97 Å². The van der Waals surface area contributed by atoms with Crippen LogP contribution in [0.25, 0.3) is 0 Å². The van der Waals surface area contributed by atoms with Crippen LogP contribution in [0.1, 0.15) is 110 Å². The molecule has 162 valence electrons. The molecule has 4 nitrogen and oxygen atoms in total. The van der Waals surface area contributed by atoms with Crippen LogP contribution in [0.3, 0.4) is 0 Å². The molecular formula is C23H48NO3+. The fraction of sp³-hybridized carbons (Fsp3) is 0.957. The Morgan fingerprint density at radius 1 is 0.778 bits per heavy atom. The van der Waals surface area contributed by atoms with E-state index in [1.165, 1.54) is 83.5 Å². The van der Waals surface area contributed by atoms with Crippen LogP contribution in [0.4, 0.5) is 0 Å². The summed E-state index contributed by atoms with van der Waals surface area (Å²) in [6.45, 7) is 3.49. The molecule has 4 heteroatoms. The lowest BCUT2D eigenvalue weighted by Gasteiger charge is -2.31. The number of hydrogen-bond donors (Lipinski definition) is 2. The Morgan fingerprint density at radius 3 is 1.59 bits per heavy atom. The Labute approximate surface area is 168 Å². The van der Waals surface area contributed by atoms with E-state index in [4.69, 9.17) is 5.11 Å². The second-order valence-electron chi connectivity index (χ2n) is 9.02.